The number of carbonyl (C=O) groups is 1. The average molecular weight is 309 g/mol. The summed E-state index contributed by atoms with van der Waals surface area (Å²) in [6, 6.07) is 2.07. The summed E-state index contributed by atoms with van der Waals surface area (Å²) in [4.78, 5) is 12.2. The molecule has 0 amide bonds. The number of Topliss-reactive ketones (excluding diaryl/α,β-unsaturated/α-hetero) is 1. The third kappa shape index (κ3) is 5.03. The lowest BCUT2D eigenvalue weighted by molar-refractivity contribution is 0.0993. The molecule has 0 bridgehead atoms. The van der Waals surface area contributed by atoms with Crippen molar-refractivity contribution >= 4 is 27.8 Å². The van der Waals surface area contributed by atoms with Crippen LogP contribution in [0.15, 0.2) is 0 Å². The van der Waals surface area contributed by atoms with Crippen molar-refractivity contribution in [3.05, 3.63) is 10.4 Å². The number of carbonyl (C=O) groups excluding carboxylic acids is 1. The maximum atomic E-state index is 11.8. The number of anilines is 2. The number of nitrogens with one attached hydrogen (secondary N) is 1. The minimum Gasteiger partial charge on any atom is -0.396 e. The van der Waals surface area contributed by atoms with Crippen molar-refractivity contribution in [1.29, 1.82) is 5.26 Å². The molecular weight excluding hydrogens is 286 g/mol. The molecule has 3 N–H and O–H groups in total. The topological polar surface area (TPSA) is 88.1 Å². The predicted octanol–water partition coefficient (Wildman–Crippen LogP) is 3.27. The molecule has 1 rings (SSSR count). The fourth-order valence-corrected chi connectivity index (χ4v) is 2.85. The molecule has 0 spiro atoms. The van der Waals surface area contributed by atoms with Gasteiger partial charge in [0.05, 0.1) is 10.6 Å². The predicted molar refractivity (Wildman–Crippen MR) is 86.8 cm³/mol. The molecule has 1 aromatic heterocycles. The number of hydrogen-bond acceptors (Lipinski definition) is 6. The number of nitrogen functional groups attached to an aromatic ring is 1. The minimum atomic E-state index is -0.0256. The maximum absolute atomic E-state index is 11.8. The van der Waals surface area contributed by atoms with Crippen molar-refractivity contribution in [2.75, 3.05) is 30.8 Å². The third-order valence-electron chi connectivity index (χ3n) is 2.83. The van der Waals surface area contributed by atoms with E-state index in [-0.39, 0.29) is 5.78 Å². The zero-order valence-corrected chi connectivity index (χ0v) is 13.7. The molecule has 1 heterocycles. The van der Waals surface area contributed by atoms with Crippen LogP contribution in [0, 0.1) is 17.2 Å². The highest BCUT2D eigenvalue weighted by molar-refractivity contribution is 7.19. The first-order valence-corrected chi connectivity index (χ1v) is 8.00. The van der Waals surface area contributed by atoms with E-state index >= 15 is 0 Å². The number of nitriles is 1. The van der Waals surface area contributed by atoms with Gasteiger partial charge in [0, 0.05) is 26.2 Å². The zero-order valence-electron chi connectivity index (χ0n) is 12.9. The van der Waals surface area contributed by atoms with Gasteiger partial charge >= 0.3 is 0 Å². The van der Waals surface area contributed by atoms with E-state index in [0.29, 0.717) is 46.6 Å². The van der Waals surface area contributed by atoms with Gasteiger partial charge in [-0.05, 0) is 12.3 Å². The van der Waals surface area contributed by atoms with Crippen LogP contribution in [0.1, 0.15) is 48.8 Å². The van der Waals surface area contributed by atoms with Gasteiger partial charge < -0.3 is 15.8 Å². The Morgan fingerprint density at radius 2 is 2.24 bits per heavy atom. The van der Waals surface area contributed by atoms with Crippen molar-refractivity contribution in [3.8, 4) is 6.07 Å². The first-order valence-electron chi connectivity index (χ1n) is 7.18. The van der Waals surface area contributed by atoms with Crippen molar-refractivity contribution < 1.29 is 9.53 Å². The number of nitrogens with zero attached hydrogens (tertiary/aromatic N) is 1. The van der Waals surface area contributed by atoms with Gasteiger partial charge in [-0.1, -0.05) is 20.8 Å². The summed E-state index contributed by atoms with van der Waals surface area (Å²) in [6.45, 7) is 8.12. The Morgan fingerprint density at radius 3 is 2.81 bits per heavy atom. The number of thiophene rings is 1. The Morgan fingerprint density at radius 1 is 1.52 bits per heavy atom. The monoisotopic (exact) mass is 309 g/mol. The number of nitrogens with two attached hydrogens (primary N) is 1. The van der Waals surface area contributed by atoms with E-state index in [1.807, 2.05) is 0 Å². The molecule has 0 aliphatic heterocycles. The van der Waals surface area contributed by atoms with Crippen LogP contribution in [0.4, 0.5) is 10.7 Å². The van der Waals surface area contributed by atoms with Crippen LogP contribution in [0.2, 0.25) is 0 Å². The molecule has 1 aromatic rings. The largest absolute Gasteiger partial charge is 0.396 e. The number of ether oxygens (including phenoxy) is 1. The normalized spacial score (nSPS) is 10.6. The Kier molecular flexibility index (Phi) is 7.20. The lowest BCUT2D eigenvalue weighted by atomic mass is 10.2. The van der Waals surface area contributed by atoms with E-state index in [4.69, 9.17) is 15.7 Å². The Labute approximate surface area is 130 Å². The number of rotatable bonds is 9. The molecule has 0 aromatic carbocycles. The SMILES string of the molecule is CCC(=O)c1sc(NCCCOCC(C)C)c(C#N)c1N. The third-order valence-corrected chi connectivity index (χ3v) is 4.04. The van der Waals surface area contributed by atoms with E-state index in [9.17, 15) is 4.79 Å². The van der Waals surface area contributed by atoms with Gasteiger partial charge in [0.1, 0.15) is 16.6 Å². The Bertz CT molecular complexity index is 518. The van der Waals surface area contributed by atoms with Crippen molar-refractivity contribution in [1.82, 2.24) is 0 Å². The molecule has 0 aliphatic carbocycles. The molecule has 0 unspecified atom stereocenters. The van der Waals surface area contributed by atoms with Gasteiger partial charge in [-0.2, -0.15) is 5.26 Å². The van der Waals surface area contributed by atoms with Crippen molar-refractivity contribution in [2.24, 2.45) is 5.92 Å². The fraction of sp³-hybridized carbons (Fsp3) is 0.600. The van der Waals surface area contributed by atoms with Crippen LogP contribution in [-0.2, 0) is 4.74 Å². The molecule has 6 heteroatoms. The van der Waals surface area contributed by atoms with E-state index in [1.54, 1.807) is 6.92 Å². The highest BCUT2D eigenvalue weighted by Crippen LogP contribution is 2.35. The van der Waals surface area contributed by atoms with Crippen LogP contribution in [0.3, 0.4) is 0 Å². The smallest absolute Gasteiger partial charge is 0.174 e. The summed E-state index contributed by atoms with van der Waals surface area (Å²) in [5, 5.41) is 13.0. The molecule has 21 heavy (non-hydrogen) atoms. The van der Waals surface area contributed by atoms with Gasteiger partial charge in [-0.15, -0.1) is 11.3 Å². The van der Waals surface area contributed by atoms with Gasteiger partial charge in [0.15, 0.2) is 5.78 Å². The van der Waals surface area contributed by atoms with E-state index in [0.717, 1.165) is 13.0 Å². The average Bonchev–Trinajstić information content (AvgIpc) is 2.77. The van der Waals surface area contributed by atoms with E-state index in [2.05, 4.69) is 25.2 Å². The molecule has 0 saturated carbocycles. The summed E-state index contributed by atoms with van der Waals surface area (Å²) < 4.78 is 5.49. The molecule has 0 atom stereocenters. The Hall–Kier alpha value is -1.58. The van der Waals surface area contributed by atoms with Crippen LogP contribution >= 0.6 is 11.3 Å². The van der Waals surface area contributed by atoms with Crippen LogP contribution in [0.5, 0.6) is 0 Å². The van der Waals surface area contributed by atoms with Gasteiger partial charge in [0.2, 0.25) is 0 Å². The highest BCUT2D eigenvalue weighted by Gasteiger charge is 2.19. The molecular formula is C15H23N3O2S. The summed E-state index contributed by atoms with van der Waals surface area (Å²) in [6.07, 6.45) is 1.23. The second kappa shape index (κ2) is 8.65. The first-order chi connectivity index (χ1) is 10.0. The lowest BCUT2D eigenvalue weighted by Crippen LogP contribution is -2.08. The second-order valence-corrected chi connectivity index (χ2v) is 6.21. The van der Waals surface area contributed by atoms with Gasteiger partial charge in [-0.25, -0.2) is 0 Å². The summed E-state index contributed by atoms with van der Waals surface area (Å²) >= 11 is 1.26. The zero-order chi connectivity index (χ0) is 15.8. The molecule has 0 aliphatic rings. The molecule has 0 fully saturated rings. The quantitative estimate of drug-likeness (QED) is 0.540. The van der Waals surface area contributed by atoms with Crippen LogP contribution < -0.4 is 11.1 Å². The van der Waals surface area contributed by atoms with E-state index < -0.39 is 0 Å². The van der Waals surface area contributed by atoms with Crippen LogP contribution in [-0.4, -0.2) is 25.5 Å². The summed E-state index contributed by atoms with van der Waals surface area (Å²) in [5.41, 5.74) is 6.55. The van der Waals surface area contributed by atoms with Crippen LogP contribution in [0.25, 0.3) is 0 Å². The van der Waals surface area contributed by atoms with E-state index in [1.165, 1.54) is 11.3 Å². The second-order valence-electron chi connectivity index (χ2n) is 5.19. The maximum Gasteiger partial charge on any atom is 0.174 e. The summed E-state index contributed by atoms with van der Waals surface area (Å²) in [7, 11) is 0. The molecule has 0 saturated heterocycles. The van der Waals surface area contributed by atoms with Gasteiger partial charge in [0.25, 0.3) is 0 Å². The highest BCUT2D eigenvalue weighted by atomic mass is 32.1. The minimum absolute atomic E-state index is 0.0256. The lowest BCUT2D eigenvalue weighted by Gasteiger charge is -2.07. The number of hydrogen-bond donors (Lipinski definition) is 2. The van der Waals surface area contributed by atoms with Crippen molar-refractivity contribution in [3.63, 3.8) is 0 Å². The standard InChI is InChI=1S/C15H23N3O2S/c1-4-12(19)14-13(17)11(8-16)15(21-14)18-6-5-7-20-9-10(2)3/h10,18H,4-7,9,17H2,1-3H3. The first kappa shape index (κ1) is 17.5. The Balaban J connectivity index is 2.55. The number of ketones is 1. The van der Waals surface area contributed by atoms with Crippen molar-refractivity contribution in [2.45, 2.75) is 33.6 Å². The molecule has 0 radical (unpaired) electrons. The summed E-state index contributed by atoms with van der Waals surface area (Å²) in [5.74, 6) is 0.505. The molecule has 116 valence electrons. The fourth-order valence-electron chi connectivity index (χ4n) is 1.74. The van der Waals surface area contributed by atoms with Gasteiger partial charge in [-0.3, -0.25) is 4.79 Å². The molecule has 5 nitrogen and oxygen atoms in total.